The molecule has 0 fully saturated rings. The largest absolute Gasteiger partial charge is 0.463 e. The number of carbonyl (C=O) groups is 1. The Morgan fingerprint density at radius 3 is 2.76 bits per heavy atom. The fourth-order valence-electron chi connectivity index (χ4n) is 1.75. The second kappa shape index (κ2) is 6.94. The van der Waals surface area contributed by atoms with Crippen LogP contribution in [-0.2, 0) is 16.0 Å². The zero-order chi connectivity index (χ0) is 12.7. The van der Waals surface area contributed by atoms with Gasteiger partial charge >= 0.3 is 5.97 Å². The molecule has 1 aromatic rings. The fraction of sp³-hybridized carbons (Fsp3) is 0.500. The number of esters is 1. The van der Waals surface area contributed by atoms with Crippen molar-refractivity contribution in [3.63, 3.8) is 0 Å². The number of rotatable bonds is 6. The molecule has 94 valence electrons. The lowest BCUT2D eigenvalue weighted by atomic mass is 10.1. The second-order valence-corrected chi connectivity index (χ2v) is 4.29. The van der Waals surface area contributed by atoms with E-state index in [-0.39, 0.29) is 12.1 Å². The van der Waals surface area contributed by atoms with Crippen LogP contribution in [0.2, 0.25) is 0 Å². The summed E-state index contributed by atoms with van der Waals surface area (Å²) in [5.41, 5.74) is 7.55. The number of hydrogen-bond donors (Lipinski definition) is 1. The Morgan fingerprint density at radius 1 is 1.41 bits per heavy atom. The molecule has 0 aliphatic carbocycles. The molecule has 1 atom stereocenters. The zero-order valence-electron chi connectivity index (χ0n) is 10.6. The van der Waals surface area contributed by atoms with Crippen molar-refractivity contribution in [1.29, 1.82) is 0 Å². The summed E-state index contributed by atoms with van der Waals surface area (Å²) in [5.74, 6) is -0.144. The van der Waals surface area contributed by atoms with E-state index in [9.17, 15) is 4.79 Å². The maximum atomic E-state index is 11.5. The van der Waals surface area contributed by atoms with E-state index in [1.165, 1.54) is 0 Å². The number of carbonyl (C=O) groups excluding carboxylic acids is 1. The Morgan fingerprint density at radius 2 is 2.12 bits per heavy atom. The zero-order valence-corrected chi connectivity index (χ0v) is 10.6. The summed E-state index contributed by atoms with van der Waals surface area (Å²) in [4.78, 5) is 11.5. The maximum absolute atomic E-state index is 11.5. The number of anilines is 1. The Labute approximate surface area is 103 Å². The van der Waals surface area contributed by atoms with Crippen molar-refractivity contribution in [3.05, 3.63) is 29.8 Å². The van der Waals surface area contributed by atoms with E-state index >= 15 is 0 Å². The van der Waals surface area contributed by atoms with Gasteiger partial charge in [-0.3, -0.25) is 4.79 Å². The minimum Gasteiger partial charge on any atom is -0.463 e. The molecule has 0 spiro atoms. The summed E-state index contributed by atoms with van der Waals surface area (Å²) in [7, 11) is 0. The number of para-hydroxylation sites is 1. The lowest BCUT2D eigenvalue weighted by molar-refractivity contribution is -0.148. The fourth-order valence-corrected chi connectivity index (χ4v) is 1.75. The smallest absolute Gasteiger partial charge is 0.306 e. The summed E-state index contributed by atoms with van der Waals surface area (Å²) < 4.78 is 5.27. The van der Waals surface area contributed by atoms with Crippen molar-refractivity contribution >= 4 is 11.7 Å². The summed E-state index contributed by atoms with van der Waals surface area (Å²) in [5, 5.41) is 0. The molecule has 0 heterocycles. The first-order valence-electron chi connectivity index (χ1n) is 6.16. The first-order chi connectivity index (χ1) is 8.13. The summed E-state index contributed by atoms with van der Waals surface area (Å²) in [6.45, 7) is 4.01. The van der Waals surface area contributed by atoms with Gasteiger partial charge in [0.15, 0.2) is 0 Å². The topological polar surface area (TPSA) is 52.3 Å². The highest BCUT2D eigenvalue weighted by Crippen LogP contribution is 2.13. The van der Waals surface area contributed by atoms with Crippen molar-refractivity contribution in [1.82, 2.24) is 0 Å². The van der Waals surface area contributed by atoms with Gasteiger partial charge in [-0.25, -0.2) is 0 Å². The molecule has 0 saturated carbocycles. The van der Waals surface area contributed by atoms with Crippen molar-refractivity contribution in [3.8, 4) is 0 Å². The normalized spacial score (nSPS) is 12.1. The summed E-state index contributed by atoms with van der Waals surface area (Å²) >= 11 is 0. The molecule has 0 aromatic heterocycles. The minimum atomic E-state index is -0.144. The first-order valence-corrected chi connectivity index (χ1v) is 6.16. The number of aryl methyl sites for hydroxylation is 1. The molecule has 3 heteroatoms. The van der Waals surface area contributed by atoms with Crippen LogP contribution in [0.5, 0.6) is 0 Å². The molecule has 0 bridgehead atoms. The Bertz CT molecular complexity index is 363. The quantitative estimate of drug-likeness (QED) is 0.609. The molecule has 2 N–H and O–H groups in total. The van der Waals surface area contributed by atoms with Crippen molar-refractivity contribution in [2.75, 3.05) is 5.73 Å². The van der Waals surface area contributed by atoms with Gasteiger partial charge in [-0.1, -0.05) is 31.5 Å². The predicted octanol–water partition coefficient (Wildman–Crippen LogP) is 2.93. The molecule has 0 amide bonds. The van der Waals surface area contributed by atoms with Gasteiger partial charge in [0.1, 0.15) is 0 Å². The van der Waals surface area contributed by atoms with E-state index in [4.69, 9.17) is 10.5 Å². The van der Waals surface area contributed by atoms with E-state index in [1.807, 2.05) is 31.2 Å². The highest BCUT2D eigenvalue weighted by molar-refractivity contribution is 5.70. The van der Waals surface area contributed by atoms with Gasteiger partial charge in [0.05, 0.1) is 6.10 Å². The number of benzene rings is 1. The van der Waals surface area contributed by atoms with Gasteiger partial charge in [0, 0.05) is 12.1 Å². The van der Waals surface area contributed by atoms with Crippen LogP contribution >= 0.6 is 0 Å². The molecule has 0 saturated heterocycles. The molecular formula is C14H21NO2. The van der Waals surface area contributed by atoms with E-state index in [0.29, 0.717) is 12.8 Å². The molecule has 1 aromatic carbocycles. The molecule has 0 radical (unpaired) electrons. The van der Waals surface area contributed by atoms with E-state index in [0.717, 1.165) is 24.1 Å². The number of nitrogens with two attached hydrogens (primary N) is 1. The number of ether oxygens (including phenoxy) is 1. The number of hydrogen-bond acceptors (Lipinski definition) is 3. The van der Waals surface area contributed by atoms with Crippen LogP contribution in [0.1, 0.15) is 38.7 Å². The van der Waals surface area contributed by atoms with Crippen LogP contribution in [-0.4, -0.2) is 12.1 Å². The van der Waals surface area contributed by atoms with Crippen LogP contribution < -0.4 is 5.73 Å². The molecule has 0 aliphatic rings. The highest BCUT2D eigenvalue weighted by atomic mass is 16.5. The molecular weight excluding hydrogens is 214 g/mol. The molecule has 3 nitrogen and oxygen atoms in total. The average molecular weight is 235 g/mol. The van der Waals surface area contributed by atoms with Crippen LogP contribution in [0.3, 0.4) is 0 Å². The van der Waals surface area contributed by atoms with Gasteiger partial charge in [0.25, 0.3) is 0 Å². The van der Waals surface area contributed by atoms with Crippen LogP contribution in [0, 0.1) is 0 Å². The molecule has 0 aliphatic heterocycles. The van der Waals surface area contributed by atoms with Gasteiger partial charge in [-0.05, 0) is 31.4 Å². The van der Waals surface area contributed by atoms with Crippen molar-refractivity contribution in [2.45, 2.75) is 45.6 Å². The molecule has 1 rings (SSSR count). The van der Waals surface area contributed by atoms with Crippen molar-refractivity contribution in [2.24, 2.45) is 0 Å². The summed E-state index contributed by atoms with van der Waals surface area (Å²) in [6.07, 6.45) is 2.99. The van der Waals surface area contributed by atoms with Gasteiger partial charge < -0.3 is 10.5 Å². The van der Waals surface area contributed by atoms with Gasteiger partial charge in [0.2, 0.25) is 0 Å². The lowest BCUT2D eigenvalue weighted by Gasteiger charge is -2.12. The average Bonchev–Trinajstić information content (AvgIpc) is 2.28. The second-order valence-electron chi connectivity index (χ2n) is 4.29. The summed E-state index contributed by atoms with van der Waals surface area (Å²) in [6, 6.07) is 7.61. The maximum Gasteiger partial charge on any atom is 0.306 e. The highest BCUT2D eigenvalue weighted by Gasteiger charge is 2.09. The predicted molar refractivity (Wildman–Crippen MR) is 69.6 cm³/mol. The third kappa shape index (κ3) is 4.89. The Kier molecular flexibility index (Phi) is 5.53. The standard InChI is InChI=1S/C14H21NO2/c1-3-6-11(2)17-14(16)10-9-12-7-4-5-8-13(12)15/h4-5,7-8,11H,3,6,9-10,15H2,1-2H3. The van der Waals surface area contributed by atoms with Crippen LogP contribution in [0.25, 0.3) is 0 Å². The van der Waals surface area contributed by atoms with Crippen molar-refractivity contribution < 1.29 is 9.53 Å². The first kappa shape index (κ1) is 13.6. The Balaban J connectivity index is 2.36. The van der Waals surface area contributed by atoms with Crippen LogP contribution in [0.4, 0.5) is 5.69 Å². The third-order valence-corrected chi connectivity index (χ3v) is 2.68. The minimum absolute atomic E-state index is 0.0145. The van der Waals surface area contributed by atoms with Gasteiger partial charge in [-0.2, -0.15) is 0 Å². The molecule has 1 unspecified atom stereocenters. The van der Waals surface area contributed by atoms with E-state index in [2.05, 4.69) is 6.92 Å². The lowest BCUT2D eigenvalue weighted by Crippen LogP contribution is -2.15. The van der Waals surface area contributed by atoms with E-state index < -0.39 is 0 Å². The SMILES string of the molecule is CCCC(C)OC(=O)CCc1ccccc1N. The van der Waals surface area contributed by atoms with E-state index in [1.54, 1.807) is 0 Å². The number of nitrogen functional groups attached to an aromatic ring is 1. The third-order valence-electron chi connectivity index (χ3n) is 2.68. The Hall–Kier alpha value is -1.51. The molecule has 17 heavy (non-hydrogen) atoms. The monoisotopic (exact) mass is 235 g/mol. The van der Waals surface area contributed by atoms with Crippen LogP contribution in [0.15, 0.2) is 24.3 Å². The van der Waals surface area contributed by atoms with Gasteiger partial charge in [-0.15, -0.1) is 0 Å².